The van der Waals surface area contributed by atoms with Crippen molar-refractivity contribution in [3.05, 3.63) is 18.1 Å². The second-order valence-electron chi connectivity index (χ2n) is 4.87. The van der Waals surface area contributed by atoms with Gasteiger partial charge in [0, 0.05) is 26.2 Å². The molecule has 0 amide bonds. The minimum absolute atomic E-state index is 0.294. The van der Waals surface area contributed by atoms with Crippen molar-refractivity contribution in [1.82, 2.24) is 14.9 Å². The van der Waals surface area contributed by atoms with E-state index in [1.54, 1.807) is 6.20 Å². The molecule has 0 saturated carbocycles. The van der Waals surface area contributed by atoms with Crippen molar-refractivity contribution in [3.63, 3.8) is 0 Å². The quantitative estimate of drug-likeness (QED) is 0.878. The van der Waals surface area contributed by atoms with Gasteiger partial charge in [-0.25, -0.2) is 4.98 Å². The Morgan fingerprint density at radius 2 is 2.00 bits per heavy atom. The molecule has 5 nitrogen and oxygen atoms in total. The Labute approximate surface area is 109 Å². The molecule has 1 aliphatic heterocycles. The summed E-state index contributed by atoms with van der Waals surface area (Å²) in [7, 11) is 0. The summed E-state index contributed by atoms with van der Waals surface area (Å²) >= 11 is 0. The maximum atomic E-state index is 5.72. The Bertz CT molecular complexity index is 358. The first-order valence-electron chi connectivity index (χ1n) is 6.60. The summed E-state index contributed by atoms with van der Waals surface area (Å²) in [5, 5.41) is 3.15. The topological polar surface area (TPSA) is 50.3 Å². The van der Waals surface area contributed by atoms with Gasteiger partial charge < -0.3 is 10.1 Å². The molecule has 1 aromatic heterocycles. The Kier molecular flexibility index (Phi) is 4.49. The van der Waals surface area contributed by atoms with Crippen LogP contribution in [0.15, 0.2) is 12.4 Å². The lowest BCUT2D eigenvalue weighted by Crippen LogP contribution is -2.44. The molecule has 2 rings (SSSR count). The average molecular weight is 250 g/mol. The van der Waals surface area contributed by atoms with Crippen molar-refractivity contribution >= 4 is 5.82 Å². The van der Waals surface area contributed by atoms with Gasteiger partial charge in [0.05, 0.1) is 30.3 Å². The zero-order valence-corrected chi connectivity index (χ0v) is 11.4. The predicted molar refractivity (Wildman–Crippen MR) is 71.5 cm³/mol. The number of anilines is 1. The van der Waals surface area contributed by atoms with E-state index in [0.717, 1.165) is 37.7 Å². The van der Waals surface area contributed by atoms with Crippen molar-refractivity contribution in [2.75, 3.05) is 25.0 Å². The van der Waals surface area contributed by atoms with Gasteiger partial charge in [0.2, 0.25) is 0 Å². The van der Waals surface area contributed by atoms with Gasteiger partial charge in [0.1, 0.15) is 5.82 Å². The molecule has 2 heterocycles. The molecule has 1 N–H and O–H groups in total. The summed E-state index contributed by atoms with van der Waals surface area (Å²) in [6.07, 6.45) is 4.24. The Balaban J connectivity index is 1.92. The molecule has 0 unspecified atom stereocenters. The highest BCUT2D eigenvalue weighted by Gasteiger charge is 2.22. The molecular weight excluding hydrogens is 228 g/mol. The smallest absolute Gasteiger partial charge is 0.144 e. The number of morpholine rings is 1. The van der Waals surface area contributed by atoms with E-state index >= 15 is 0 Å². The second-order valence-corrected chi connectivity index (χ2v) is 4.87. The summed E-state index contributed by atoms with van der Waals surface area (Å²) in [6, 6.07) is 0. The van der Waals surface area contributed by atoms with Gasteiger partial charge in [-0.05, 0) is 20.8 Å². The van der Waals surface area contributed by atoms with Gasteiger partial charge in [-0.2, -0.15) is 0 Å². The van der Waals surface area contributed by atoms with E-state index in [4.69, 9.17) is 4.74 Å². The molecule has 1 aliphatic rings. The van der Waals surface area contributed by atoms with Gasteiger partial charge in [-0.1, -0.05) is 0 Å². The van der Waals surface area contributed by atoms with Crippen molar-refractivity contribution in [2.45, 2.75) is 39.5 Å². The average Bonchev–Trinajstić information content (AvgIpc) is 2.31. The molecule has 0 radical (unpaired) electrons. The van der Waals surface area contributed by atoms with Crippen LogP contribution in [0.5, 0.6) is 0 Å². The highest BCUT2D eigenvalue weighted by Crippen LogP contribution is 2.13. The number of hydrogen-bond acceptors (Lipinski definition) is 5. The Morgan fingerprint density at radius 3 is 2.56 bits per heavy atom. The molecule has 2 atom stereocenters. The van der Waals surface area contributed by atoms with Crippen molar-refractivity contribution in [2.24, 2.45) is 0 Å². The predicted octanol–water partition coefficient (Wildman–Crippen LogP) is 1.52. The number of nitrogens with zero attached hydrogens (tertiary/aromatic N) is 3. The minimum Gasteiger partial charge on any atom is -0.373 e. The lowest BCUT2D eigenvalue weighted by atomic mass is 10.2. The highest BCUT2D eigenvalue weighted by atomic mass is 16.5. The van der Waals surface area contributed by atoms with Crippen LogP contribution in [0.25, 0.3) is 0 Å². The van der Waals surface area contributed by atoms with Crippen molar-refractivity contribution in [1.29, 1.82) is 0 Å². The maximum Gasteiger partial charge on any atom is 0.144 e. The fraction of sp³-hybridized carbons (Fsp3) is 0.692. The summed E-state index contributed by atoms with van der Waals surface area (Å²) in [5.41, 5.74) is 1.01. The number of ether oxygens (including phenoxy) is 1. The third kappa shape index (κ3) is 3.65. The van der Waals surface area contributed by atoms with Crippen LogP contribution in [0.2, 0.25) is 0 Å². The molecule has 0 aromatic carbocycles. The molecular formula is C13H22N4O. The summed E-state index contributed by atoms with van der Waals surface area (Å²) in [5.74, 6) is 0.838. The van der Waals surface area contributed by atoms with Crippen LogP contribution >= 0.6 is 0 Å². The van der Waals surface area contributed by atoms with E-state index < -0.39 is 0 Å². The van der Waals surface area contributed by atoms with E-state index in [1.165, 1.54) is 0 Å². The molecule has 0 spiro atoms. The zero-order valence-electron chi connectivity index (χ0n) is 11.4. The first kappa shape index (κ1) is 13.2. The first-order chi connectivity index (χ1) is 8.67. The molecule has 100 valence electrons. The molecule has 0 aliphatic carbocycles. The monoisotopic (exact) mass is 250 g/mol. The lowest BCUT2D eigenvalue weighted by molar-refractivity contribution is -0.0707. The summed E-state index contributed by atoms with van der Waals surface area (Å²) < 4.78 is 5.72. The van der Waals surface area contributed by atoms with E-state index in [0.29, 0.717) is 12.2 Å². The normalized spacial score (nSPS) is 25.1. The Morgan fingerprint density at radius 1 is 1.28 bits per heavy atom. The van der Waals surface area contributed by atoms with Gasteiger partial charge in [0.15, 0.2) is 0 Å². The van der Waals surface area contributed by atoms with Crippen LogP contribution < -0.4 is 5.32 Å². The largest absolute Gasteiger partial charge is 0.373 e. The zero-order chi connectivity index (χ0) is 13.0. The molecule has 18 heavy (non-hydrogen) atoms. The van der Waals surface area contributed by atoms with Crippen molar-refractivity contribution in [3.8, 4) is 0 Å². The summed E-state index contributed by atoms with van der Waals surface area (Å²) in [4.78, 5) is 11.1. The van der Waals surface area contributed by atoms with Gasteiger partial charge in [-0.15, -0.1) is 0 Å². The highest BCUT2D eigenvalue weighted by molar-refractivity contribution is 5.30. The van der Waals surface area contributed by atoms with Crippen LogP contribution in [-0.4, -0.2) is 46.7 Å². The molecule has 5 heteroatoms. The molecule has 1 aromatic rings. The summed E-state index contributed by atoms with van der Waals surface area (Å²) in [6.45, 7) is 9.91. The van der Waals surface area contributed by atoms with E-state index in [2.05, 4.69) is 34.0 Å². The third-order valence-corrected chi connectivity index (χ3v) is 2.94. The van der Waals surface area contributed by atoms with Crippen LogP contribution in [0, 0.1) is 0 Å². The van der Waals surface area contributed by atoms with E-state index in [1.807, 2.05) is 13.1 Å². The van der Waals surface area contributed by atoms with Crippen molar-refractivity contribution < 1.29 is 4.74 Å². The minimum atomic E-state index is 0.294. The van der Waals surface area contributed by atoms with Crippen LogP contribution in [-0.2, 0) is 11.3 Å². The first-order valence-corrected chi connectivity index (χ1v) is 6.60. The van der Waals surface area contributed by atoms with Crippen LogP contribution in [0.4, 0.5) is 5.82 Å². The van der Waals surface area contributed by atoms with Crippen LogP contribution in [0.3, 0.4) is 0 Å². The molecule has 1 saturated heterocycles. The SMILES string of the molecule is CCNc1cnc(CN2C[C@@H](C)O[C@@H](C)C2)cn1. The molecule has 0 bridgehead atoms. The van der Waals surface area contributed by atoms with Crippen LogP contribution in [0.1, 0.15) is 26.5 Å². The number of nitrogens with one attached hydrogen (secondary N) is 1. The fourth-order valence-corrected chi connectivity index (χ4v) is 2.35. The third-order valence-electron chi connectivity index (χ3n) is 2.94. The Hall–Kier alpha value is -1.20. The number of rotatable bonds is 4. The standard InChI is InChI=1S/C13H22N4O/c1-4-14-13-6-15-12(5-16-13)9-17-7-10(2)18-11(3)8-17/h5-6,10-11H,4,7-9H2,1-3H3,(H,14,16)/t10-,11+. The van der Waals surface area contributed by atoms with Gasteiger partial charge >= 0.3 is 0 Å². The maximum absolute atomic E-state index is 5.72. The lowest BCUT2D eigenvalue weighted by Gasteiger charge is -2.34. The van der Waals surface area contributed by atoms with Gasteiger partial charge in [-0.3, -0.25) is 9.88 Å². The van der Waals surface area contributed by atoms with E-state index in [9.17, 15) is 0 Å². The number of aromatic nitrogens is 2. The molecule has 1 fully saturated rings. The number of hydrogen-bond donors (Lipinski definition) is 1. The van der Waals surface area contributed by atoms with E-state index in [-0.39, 0.29) is 0 Å². The second kappa shape index (κ2) is 6.11. The fourth-order valence-electron chi connectivity index (χ4n) is 2.35. The van der Waals surface area contributed by atoms with Gasteiger partial charge in [0.25, 0.3) is 0 Å².